The molecule has 3 heteroatoms. The van der Waals surface area contributed by atoms with Crippen LogP contribution >= 0.6 is 0 Å². The molecule has 0 saturated heterocycles. The maximum Gasteiger partial charge on any atom is 0.0948 e. The Balaban J connectivity index is 1.84. The van der Waals surface area contributed by atoms with E-state index in [1.165, 1.54) is 31.4 Å². The summed E-state index contributed by atoms with van der Waals surface area (Å²) in [6.45, 7) is 2.06. The van der Waals surface area contributed by atoms with Crippen molar-refractivity contribution in [3.05, 3.63) is 18.2 Å². The van der Waals surface area contributed by atoms with Crippen molar-refractivity contribution in [1.29, 1.82) is 0 Å². The van der Waals surface area contributed by atoms with E-state index in [1.807, 2.05) is 19.6 Å². The lowest BCUT2D eigenvalue weighted by Crippen LogP contribution is -2.16. The van der Waals surface area contributed by atoms with Crippen LogP contribution in [-0.4, -0.2) is 16.6 Å². The first-order valence-corrected chi connectivity index (χ1v) is 5.53. The van der Waals surface area contributed by atoms with Gasteiger partial charge in [0.15, 0.2) is 0 Å². The fourth-order valence-corrected chi connectivity index (χ4v) is 1.98. The van der Waals surface area contributed by atoms with Crippen LogP contribution in [0.5, 0.6) is 0 Å². The summed E-state index contributed by atoms with van der Waals surface area (Å²) in [5.74, 6) is 0.986. The molecule has 0 spiro atoms. The highest BCUT2D eigenvalue weighted by molar-refractivity contribution is 4.97. The molecule has 2 rings (SSSR count). The van der Waals surface area contributed by atoms with E-state index in [0.717, 1.165) is 19.0 Å². The molecular formula is C11H19N3. The molecule has 1 aliphatic rings. The molecule has 0 atom stereocenters. The molecule has 1 heterocycles. The van der Waals surface area contributed by atoms with Gasteiger partial charge in [0.1, 0.15) is 0 Å². The molecule has 3 nitrogen and oxygen atoms in total. The van der Waals surface area contributed by atoms with E-state index in [-0.39, 0.29) is 0 Å². The van der Waals surface area contributed by atoms with Gasteiger partial charge in [0.2, 0.25) is 0 Å². The van der Waals surface area contributed by atoms with Crippen molar-refractivity contribution in [2.75, 3.05) is 7.05 Å². The minimum absolute atomic E-state index is 0.921. The third-order valence-corrected chi connectivity index (χ3v) is 3.16. The van der Waals surface area contributed by atoms with Crippen LogP contribution in [0, 0.1) is 5.92 Å². The van der Waals surface area contributed by atoms with Crippen molar-refractivity contribution in [3.8, 4) is 0 Å². The SMILES string of the molecule is CNCc1cncn1CCC1CCC1. The highest BCUT2D eigenvalue weighted by Gasteiger charge is 2.17. The van der Waals surface area contributed by atoms with Gasteiger partial charge in [0.05, 0.1) is 12.0 Å². The van der Waals surface area contributed by atoms with Gasteiger partial charge in [-0.25, -0.2) is 4.98 Å². The fraction of sp³-hybridized carbons (Fsp3) is 0.727. The average molecular weight is 193 g/mol. The molecule has 1 aromatic rings. The van der Waals surface area contributed by atoms with Gasteiger partial charge in [-0.05, 0) is 19.4 Å². The fourth-order valence-electron chi connectivity index (χ4n) is 1.98. The van der Waals surface area contributed by atoms with Gasteiger partial charge in [-0.2, -0.15) is 0 Å². The van der Waals surface area contributed by atoms with Gasteiger partial charge in [0, 0.05) is 19.3 Å². The second kappa shape index (κ2) is 4.60. The Hall–Kier alpha value is -0.830. The Bertz CT molecular complexity index is 276. The quantitative estimate of drug-likeness (QED) is 0.772. The summed E-state index contributed by atoms with van der Waals surface area (Å²) in [6.07, 6.45) is 9.56. The van der Waals surface area contributed by atoms with Crippen molar-refractivity contribution in [3.63, 3.8) is 0 Å². The van der Waals surface area contributed by atoms with Gasteiger partial charge in [-0.3, -0.25) is 0 Å². The zero-order chi connectivity index (χ0) is 9.80. The molecule has 0 amide bonds. The maximum atomic E-state index is 4.19. The summed E-state index contributed by atoms with van der Waals surface area (Å²) in [6, 6.07) is 0. The van der Waals surface area contributed by atoms with Gasteiger partial charge in [-0.15, -0.1) is 0 Å². The molecule has 1 fully saturated rings. The Kier molecular flexibility index (Phi) is 3.19. The molecule has 0 bridgehead atoms. The molecule has 0 radical (unpaired) electrons. The number of rotatable bonds is 5. The zero-order valence-electron chi connectivity index (χ0n) is 8.87. The molecule has 14 heavy (non-hydrogen) atoms. The molecule has 0 aliphatic heterocycles. The average Bonchev–Trinajstić information content (AvgIpc) is 2.51. The summed E-state index contributed by atoms with van der Waals surface area (Å²) in [5.41, 5.74) is 1.30. The summed E-state index contributed by atoms with van der Waals surface area (Å²) in [4.78, 5) is 4.19. The van der Waals surface area contributed by atoms with Crippen molar-refractivity contribution in [2.45, 2.75) is 38.8 Å². The van der Waals surface area contributed by atoms with Gasteiger partial charge in [0.25, 0.3) is 0 Å². The molecule has 1 saturated carbocycles. The molecule has 78 valence electrons. The summed E-state index contributed by atoms with van der Waals surface area (Å²) >= 11 is 0. The van der Waals surface area contributed by atoms with Crippen molar-refractivity contribution in [1.82, 2.24) is 14.9 Å². The van der Waals surface area contributed by atoms with Crippen molar-refractivity contribution < 1.29 is 0 Å². The van der Waals surface area contributed by atoms with Crippen LogP contribution in [-0.2, 0) is 13.1 Å². The highest BCUT2D eigenvalue weighted by Crippen LogP contribution is 2.29. The summed E-state index contributed by atoms with van der Waals surface area (Å²) in [5, 5.41) is 3.17. The van der Waals surface area contributed by atoms with Crippen LogP contribution in [0.25, 0.3) is 0 Å². The van der Waals surface area contributed by atoms with E-state index in [0.29, 0.717) is 0 Å². The third-order valence-electron chi connectivity index (χ3n) is 3.16. The lowest BCUT2D eigenvalue weighted by Gasteiger charge is -2.25. The van der Waals surface area contributed by atoms with Crippen molar-refractivity contribution in [2.24, 2.45) is 5.92 Å². The Morgan fingerprint density at radius 2 is 2.43 bits per heavy atom. The van der Waals surface area contributed by atoms with Crippen LogP contribution in [0.2, 0.25) is 0 Å². The first kappa shape index (κ1) is 9.71. The molecule has 1 N–H and O–H groups in total. The van der Waals surface area contributed by atoms with E-state index < -0.39 is 0 Å². The first-order chi connectivity index (χ1) is 6.90. The number of aryl methyl sites for hydroxylation is 1. The molecule has 0 aromatic carbocycles. The highest BCUT2D eigenvalue weighted by atomic mass is 15.1. The van der Waals surface area contributed by atoms with Crippen LogP contribution in [0.15, 0.2) is 12.5 Å². The summed E-state index contributed by atoms with van der Waals surface area (Å²) in [7, 11) is 1.98. The van der Waals surface area contributed by atoms with Crippen LogP contribution < -0.4 is 5.32 Å². The van der Waals surface area contributed by atoms with E-state index in [2.05, 4.69) is 14.9 Å². The van der Waals surface area contributed by atoms with E-state index in [9.17, 15) is 0 Å². The van der Waals surface area contributed by atoms with Gasteiger partial charge < -0.3 is 9.88 Å². The number of hydrogen-bond donors (Lipinski definition) is 1. The molecular weight excluding hydrogens is 174 g/mol. The number of imidazole rings is 1. The monoisotopic (exact) mass is 193 g/mol. The predicted molar refractivity (Wildman–Crippen MR) is 56.9 cm³/mol. The Labute approximate surface area is 85.5 Å². The van der Waals surface area contributed by atoms with E-state index in [1.54, 1.807) is 0 Å². The van der Waals surface area contributed by atoms with Crippen LogP contribution in [0.4, 0.5) is 0 Å². The lowest BCUT2D eigenvalue weighted by atomic mass is 9.83. The maximum absolute atomic E-state index is 4.19. The minimum atomic E-state index is 0.921. The van der Waals surface area contributed by atoms with E-state index >= 15 is 0 Å². The van der Waals surface area contributed by atoms with Gasteiger partial charge in [-0.1, -0.05) is 19.3 Å². The molecule has 0 unspecified atom stereocenters. The third kappa shape index (κ3) is 2.15. The van der Waals surface area contributed by atoms with Crippen LogP contribution in [0.1, 0.15) is 31.4 Å². The normalized spacial score (nSPS) is 16.9. The second-order valence-corrected chi connectivity index (χ2v) is 4.19. The van der Waals surface area contributed by atoms with Crippen molar-refractivity contribution >= 4 is 0 Å². The Morgan fingerprint density at radius 1 is 1.57 bits per heavy atom. The van der Waals surface area contributed by atoms with Gasteiger partial charge >= 0.3 is 0 Å². The van der Waals surface area contributed by atoms with Crippen LogP contribution in [0.3, 0.4) is 0 Å². The van der Waals surface area contributed by atoms with E-state index in [4.69, 9.17) is 0 Å². The molecule has 1 aromatic heterocycles. The molecule has 1 aliphatic carbocycles. The number of nitrogens with zero attached hydrogens (tertiary/aromatic N) is 2. The number of nitrogens with one attached hydrogen (secondary N) is 1. The minimum Gasteiger partial charge on any atom is -0.333 e. The summed E-state index contributed by atoms with van der Waals surface area (Å²) < 4.78 is 2.27. The second-order valence-electron chi connectivity index (χ2n) is 4.19. The standard InChI is InChI=1S/C11H19N3/c1-12-7-11-8-13-9-14(11)6-5-10-3-2-4-10/h8-10,12H,2-7H2,1H3. The number of hydrogen-bond acceptors (Lipinski definition) is 2. The Morgan fingerprint density at radius 3 is 3.07 bits per heavy atom. The predicted octanol–water partition coefficient (Wildman–Crippen LogP) is 1.79. The number of aromatic nitrogens is 2. The zero-order valence-corrected chi connectivity index (χ0v) is 8.87. The topological polar surface area (TPSA) is 29.9 Å². The smallest absolute Gasteiger partial charge is 0.0948 e. The largest absolute Gasteiger partial charge is 0.333 e. The first-order valence-electron chi connectivity index (χ1n) is 5.53. The lowest BCUT2D eigenvalue weighted by molar-refractivity contribution is 0.281.